The second-order valence-corrected chi connectivity index (χ2v) is 6.63. The van der Waals surface area contributed by atoms with Crippen LogP contribution in [0.4, 0.5) is 0 Å². The SMILES string of the molecule is CCOC(=O)[C@H]1CCCN(C(=O)COc2ccc3c(C)cc(=O)oc3c2)C1. The number of carbonyl (C=O) groups is 2. The number of fused-ring (bicyclic) bond motifs is 1. The molecular formula is C20H23NO6. The molecule has 1 fully saturated rings. The third kappa shape index (κ3) is 4.48. The van der Waals surface area contributed by atoms with Crippen LogP contribution in [0.3, 0.4) is 0 Å². The van der Waals surface area contributed by atoms with Crippen LogP contribution in [0.5, 0.6) is 5.75 Å². The van der Waals surface area contributed by atoms with E-state index < -0.39 is 5.63 Å². The number of benzene rings is 1. The van der Waals surface area contributed by atoms with Gasteiger partial charge in [0.1, 0.15) is 11.3 Å². The van der Waals surface area contributed by atoms with E-state index in [1.165, 1.54) is 6.07 Å². The van der Waals surface area contributed by atoms with Gasteiger partial charge in [-0.15, -0.1) is 0 Å². The van der Waals surface area contributed by atoms with E-state index in [-0.39, 0.29) is 24.4 Å². The molecule has 0 bridgehead atoms. The Morgan fingerprint density at radius 1 is 1.30 bits per heavy atom. The first-order chi connectivity index (χ1) is 13.0. The number of hydrogen-bond acceptors (Lipinski definition) is 6. The smallest absolute Gasteiger partial charge is 0.336 e. The Bertz CT molecular complexity index is 903. The van der Waals surface area contributed by atoms with Crippen LogP contribution in [-0.4, -0.2) is 43.1 Å². The summed E-state index contributed by atoms with van der Waals surface area (Å²) in [7, 11) is 0. The van der Waals surface area contributed by atoms with E-state index in [1.807, 2.05) is 6.92 Å². The second-order valence-electron chi connectivity index (χ2n) is 6.63. The Hall–Kier alpha value is -2.83. The fraction of sp³-hybridized carbons (Fsp3) is 0.450. The van der Waals surface area contributed by atoms with Gasteiger partial charge in [0.25, 0.3) is 5.91 Å². The maximum atomic E-state index is 12.4. The first-order valence-electron chi connectivity index (χ1n) is 9.09. The van der Waals surface area contributed by atoms with Crippen molar-refractivity contribution in [1.29, 1.82) is 0 Å². The fourth-order valence-corrected chi connectivity index (χ4v) is 3.29. The van der Waals surface area contributed by atoms with Crippen LogP contribution in [-0.2, 0) is 14.3 Å². The molecule has 0 spiro atoms. The van der Waals surface area contributed by atoms with Gasteiger partial charge in [-0.25, -0.2) is 4.79 Å². The van der Waals surface area contributed by atoms with Gasteiger partial charge in [-0.05, 0) is 44.4 Å². The maximum Gasteiger partial charge on any atom is 0.336 e. The van der Waals surface area contributed by atoms with Gasteiger partial charge < -0.3 is 18.8 Å². The van der Waals surface area contributed by atoms with Gasteiger partial charge in [0.2, 0.25) is 0 Å². The van der Waals surface area contributed by atoms with Gasteiger partial charge in [-0.1, -0.05) is 0 Å². The normalized spacial score (nSPS) is 17.0. The van der Waals surface area contributed by atoms with E-state index in [4.69, 9.17) is 13.9 Å². The van der Waals surface area contributed by atoms with Crippen molar-refractivity contribution < 1.29 is 23.5 Å². The van der Waals surface area contributed by atoms with Gasteiger partial charge in [-0.3, -0.25) is 9.59 Å². The number of aryl methyl sites for hydroxylation is 1. The zero-order valence-electron chi connectivity index (χ0n) is 15.5. The number of carbonyl (C=O) groups excluding carboxylic acids is 2. The van der Waals surface area contributed by atoms with E-state index in [1.54, 1.807) is 30.0 Å². The summed E-state index contributed by atoms with van der Waals surface area (Å²) in [6.07, 6.45) is 1.49. The van der Waals surface area contributed by atoms with Crippen LogP contribution >= 0.6 is 0 Å². The van der Waals surface area contributed by atoms with Crippen LogP contribution in [0.25, 0.3) is 11.0 Å². The lowest BCUT2D eigenvalue weighted by Gasteiger charge is -2.31. The van der Waals surface area contributed by atoms with Crippen LogP contribution in [0.2, 0.25) is 0 Å². The molecule has 0 unspecified atom stereocenters. The summed E-state index contributed by atoms with van der Waals surface area (Å²) in [5.74, 6) is -0.269. The summed E-state index contributed by atoms with van der Waals surface area (Å²) in [5, 5.41) is 0.821. The highest BCUT2D eigenvalue weighted by atomic mass is 16.5. The lowest BCUT2D eigenvalue weighted by Crippen LogP contribution is -2.44. The van der Waals surface area contributed by atoms with Crippen LogP contribution < -0.4 is 10.4 Å². The molecule has 1 aromatic carbocycles. The maximum absolute atomic E-state index is 12.4. The zero-order chi connectivity index (χ0) is 19.4. The number of likely N-dealkylation sites (tertiary alicyclic amines) is 1. The zero-order valence-corrected chi connectivity index (χ0v) is 15.5. The lowest BCUT2D eigenvalue weighted by molar-refractivity contribution is -0.151. The molecule has 7 nitrogen and oxygen atoms in total. The summed E-state index contributed by atoms with van der Waals surface area (Å²) < 4.78 is 15.8. The molecule has 0 radical (unpaired) electrons. The number of hydrogen-bond donors (Lipinski definition) is 0. The number of rotatable bonds is 5. The van der Waals surface area contributed by atoms with Gasteiger partial charge in [0, 0.05) is 30.6 Å². The predicted molar refractivity (Wildman–Crippen MR) is 98.7 cm³/mol. The van der Waals surface area contributed by atoms with E-state index in [9.17, 15) is 14.4 Å². The van der Waals surface area contributed by atoms with Crippen molar-refractivity contribution in [3.05, 3.63) is 40.2 Å². The summed E-state index contributed by atoms with van der Waals surface area (Å²) in [6.45, 7) is 4.75. The molecule has 0 aliphatic carbocycles. The first kappa shape index (κ1) is 18.9. The third-order valence-corrected chi connectivity index (χ3v) is 4.68. The van der Waals surface area contributed by atoms with Crippen molar-refractivity contribution in [2.75, 3.05) is 26.3 Å². The number of nitrogens with zero attached hydrogens (tertiary/aromatic N) is 1. The van der Waals surface area contributed by atoms with Crippen LogP contribution in [0.1, 0.15) is 25.3 Å². The molecule has 144 valence electrons. The third-order valence-electron chi connectivity index (χ3n) is 4.68. The molecule has 1 amide bonds. The number of amides is 1. The molecule has 1 aliphatic rings. The molecule has 3 rings (SSSR count). The summed E-state index contributed by atoms with van der Waals surface area (Å²) in [5.41, 5.74) is 0.819. The van der Waals surface area contributed by atoms with E-state index >= 15 is 0 Å². The van der Waals surface area contributed by atoms with E-state index in [0.717, 1.165) is 23.8 Å². The van der Waals surface area contributed by atoms with E-state index in [0.29, 0.717) is 31.0 Å². The molecule has 1 aromatic heterocycles. The van der Waals surface area contributed by atoms with Crippen molar-refractivity contribution in [2.45, 2.75) is 26.7 Å². The standard InChI is InChI=1S/C20H23NO6/c1-3-25-20(24)14-5-4-8-21(11-14)18(22)12-26-15-6-7-16-13(2)9-19(23)27-17(16)10-15/h6-7,9-10,14H,3-5,8,11-12H2,1-2H3/t14-/m0/s1. The summed E-state index contributed by atoms with van der Waals surface area (Å²) in [6, 6.07) is 6.57. The molecule has 2 aromatic rings. The predicted octanol–water partition coefficient (Wildman–Crippen LogP) is 2.28. The molecular weight excluding hydrogens is 350 g/mol. The van der Waals surface area contributed by atoms with Crippen molar-refractivity contribution in [3.63, 3.8) is 0 Å². The Kier molecular flexibility index (Phi) is 5.78. The largest absolute Gasteiger partial charge is 0.484 e. The monoisotopic (exact) mass is 373 g/mol. The molecule has 2 heterocycles. The minimum Gasteiger partial charge on any atom is -0.484 e. The first-order valence-corrected chi connectivity index (χ1v) is 9.09. The van der Waals surface area contributed by atoms with Gasteiger partial charge >= 0.3 is 11.6 Å². The quantitative estimate of drug-likeness (QED) is 0.590. The highest BCUT2D eigenvalue weighted by Crippen LogP contribution is 2.23. The molecule has 1 atom stereocenters. The molecule has 27 heavy (non-hydrogen) atoms. The molecule has 0 saturated carbocycles. The molecule has 1 aliphatic heterocycles. The molecule has 1 saturated heterocycles. The van der Waals surface area contributed by atoms with E-state index in [2.05, 4.69) is 0 Å². The van der Waals surface area contributed by atoms with Crippen molar-refractivity contribution in [2.24, 2.45) is 5.92 Å². The minimum atomic E-state index is -0.424. The Labute approximate surface area is 156 Å². The van der Waals surface area contributed by atoms with Gasteiger partial charge in [0.05, 0.1) is 12.5 Å². The van der Waals surface area contributed by atoms with Crippen molar-refractivity contribution in [3.8, 4) is 5.75 Å². The average molecular weight is 373 g/mol. The highest BCUT2D eigenvalue weighted by Gasteiger charge is 2.29. The van der Waals surface area contributed by atoms with Crippen molar-refractivity contribution >= 4 is 22.8 Å². The number of esters is 1. The summed E-state index contributed by atoms with van der Waals surface area (Å²) >= 11 is 0. The van der Waals surface area contributed by atoms with Gasteiger partial charge in [0.15, 0.2) is 6.61 Å². The number of piperidine rings is 1. The van der Waals surface area contributed by atoms with Crippen molar-refractivity contribution in [1.82, 2.24) is 4.90 Å². The second kappa shape index (κ2) is 8.24. The molecule has 0 N–H and O–H groups in total. The highest BCUT2D eigenvalue weighted by molar-refractivity contribution is 5.82. The topological polar surface area (TPSA) is 86.0 Å². The van der Waals surface area contributed by atoms with Crippen LogP contribution in [0, 0.1) is 12.8 Å². The number of ether oxygens (including phenoxy) is 2. The van der Waals surface area contributed by atoms with Crippen LogP contribution in [0.15, 0.2) is 33.5 Å². The fourth-order valence-electron chi connectivity index (χ4n) is 3.29. The van der Waals surface area contributed by atoms with Gasteiger partial charge in [-0.2, -0.15) is 0 Å². The average Bonchev–Trinajstić information content (AvgIpc) is 2.66. The molecule has 7 heteroatoms. The minimum absolute atomic E-state index is 0.142. The Morgan fingerprint density at radius 2 is 2.11 bits per heavy atom. The lowest BCUT2D eigenvalue weighted by atomic mass is 9.98. The Morgan fingerprint density at radius 3 is 2.89 bits per heavy atom. The summed E-state index contributed by atoms with van der Waals surface area (Å²) in [4.78, 5) is 37.5. The Balaban J connectivity index is 1.62.